The van der Waals surface area contributed by atoms with Crippen LogP contribution in [0.4, 0.5) is 11.5 Å². The lowest BCUT2D eigenvalue weighted by Crippen LogP contribution is -2.10. The predicted molar refractivity (Wildman–Crippen MR) is 72.6 cm³/mol. The molecule has 0 saturated heterocycles. The molecule has 0 radical (unpaired) electrons. The first-order chi connectivity index (χ1) is 9.10. The zero-order valence-electron chi connectivity index (χ0n) is 11.6. The molecule has 0 spiro atoms. The van der Waals surface area contributed by atoms with Crippen LogP contribution in [0.15, 0.2) is 0 Å². The normalized spacial score (nSPS) is 10.3. The molecule has 0 aliphatic rings. The molecule has 106 valence electrons. The van der Waals surface area contributed by atoms with Crippen LogP contribution < -0.4 is 10.1 Å². The van der Waals surface area contributed by atoms with Crippen molar-refractivity contribution in [3.63, 3.8) is 0 Å². The van der Waals surface area contributed by atoms with Gasteiger partial charge < -0.3 is 10.1 Å². The van der Waals surface area contributed by atoms with Crippen LogP contribution in [-0.4, -0.2) is 28.0 Å². The van der Waals surface area contributed by atoms with E-state index in [1.807, 2.05) is 6.92 Å². The van der Waals surface area contributed by atoms with Crippen LogP contribution in [0.1, 0.15) is 38.9 Å². The second kappa shape index (κ2) is 7.50. The number of hydrogen-bond acceptors (Lipinski definition) is 6. The fourth-order valence-electron chi connectivity index (χ4n) is 1.51. The first-order valence-corrected chi connectivity index (χ1v) is 6.49. The number of hydrogen-bond donors (Lipinski definition) is 1. The van der Waals surface area contributed by atoms with Gasteiger partial charge in [0.25, 0.3) is 5.88 Å². The number of rotatable bonds is 8. The van der Waals surface area contributed by atoms with Gasteiger partial charge in [0.05, 0.1) is 11.5 Å². The summed E-state index contributed by atoms with van der Waals surface area (Å²) in [5.41, 5.74) is -0.185. The zero-order valence-corrected chi connectivity index (χ0v) is 11.6. The summed E-state index contributed by atoms with van der Waals surface area (Å²) in [4.78, 5) is 18.8. The van der Waals surface area contributed by atoms with Crippen molar-refractivity contribution in [1.29, 1.82) is 0 Å². The Morgan fingerprint density at radius 3 is 2.63 bits per heavy atom. The van der Waals surface area contributed by atoms with Gasteiger partial charge >= 0.3 is 5.69 Å². The Kier molecular flexibility index (Phi) is 5.98. The summed E-state index contributed by atoms with van der Waals surface area (Å²) in [5.74, 6) is 0.728. The number of nitrogens with one attached hydrogen (secondary N) is 1. The van der Waals surface area contributed by atoms with E-state index < -0.39 is 4.92 Å². The van der Waals surface area contributed by atoms with E-state index in [9.17, 15) is 10.1 Å². The predicted octanol–water partition coefficient (Wildman–Crippen LogP) is 2.69. The lowest BCUT2D eigenvalue weighted by molar-refractivity contribution is -0.385. The number of aryl methyl sites for hydroxylation is 1. The van der Waals surface area contributed by atoms with Crippen molar-refractivity contribution in [3.05, 3.63) is 15.9 Å². The van der Waals surface area contributed by atoms with Crippen LogP contribution in [0.5, 0.6) is 5.88 Å². The highest BCUT2D eigenvalue weighted by molar-refractivity contribution is 5.61. The molecule has 19 heavy (non-hydrogen) atoms. The van der Waals surface area contributed by atoms with Crippen LogP contribution in [0.3, 0.4) is 0 Å². The fourth-order valence-corrected chi connectivity index (χ4v) is 1.51. The molecule has 0 aliphatic heterocycles. The van der Waals surface area contributed by atoms with Crippen LogP contribution in [0.2, 0.25) is 0 Å². The maximum absolute atomic E-state index is 11.2. The molecular weight excluding hydrogens is 248 g/mol. The van der Waals surface area contributed by atoms with Crippen LogP contribution in [-0.2, 0) is 0 Å². The maximum Gasteiger partial charge on any atom is 0.372 e. The maximum atomic E-state index is 11.2. The number of anilines is 1. The summed E-state index contributed by atoms with van der Waals surface area (Å²) in [6.07, 6.45) is 2.69. The molecular formula is C12H20N4O3. The highest BCUT2D eigenvalue weighted by Gasteiger charge is 2.25. The highest BCUT2D eigenvalue weighted by atomic mass is 16.6. The third-order valence-electron chi connectivity index (χ3n) is 2.41. The van der Waals surface area contributed by atoms with Gasteiger partial charge in [0.15, 0.2) is 0 Å². The average molecular weight is 268 g/mol. The number of aromatic nitrogens is 2. The van der Waals surface area contributed by atoms with Gasteiger partial charge in [0, 0.05) is 6.54 Å². The quantitative estimate of drug-likeness (QED) is 0.443. The SMILES string of the molecule is CCCCNc1nc(C)nc(OCCC)c1[N+](=O)[O-]. The van der Waals surface area contributed by atoms with Gasteiger partial charge in [-0.15, -0.1) is 0 Å². The second-order valence-electron chi connectivity index (χ2n) is 4.16. The van der Waals surface area contributed by atoms with Gasteiger partial charge in [0.2, 0.25) is 5.82 Å². The van der Waals surface area contributed by atoms with Gasteiger partial charge in [0.1, 0.15) is 5.82 Å². The minimum Gasteiger partial charge on any atom is -0.473 e. The Morgan fingerprint density at radius 2 is 2.05 bits per heavy atom. The van der Waals surface area contributed by atoms with Crippen molar-refractivity contribution in [2.45, 2.75) is 40.0 Å². The molecule has 0 aromatic carbocycles. The molecule has 0 bridgehead atoms. The van der Waals surface area contributed by atoms with Crippen molar-refractivity contribution < 1.29 is 9.66 Å². The monoisotopic (exact) mass is 268 g/mol. The summed E-state index contributed by atoms with van der Waals surface area (Å²) < 4.78 is 5.34. The van der Waals surface area contributed by atoms with Gasteiger partial charge in [-0.1, -0.05) is 20.3 Å². The van der Waals surface area contributed by atoms with Crippen molar-refractivity contribution in [1.82, 2.24) is 9.97 Å². The first-order valence-electron chi connectivity index (χ1n) is 6.49. The lowest BCUT2D eigenvalue weighted by Gasteiger charge is -2.10. The van der Waals surface area contributed by atoms with Crippen LogP contribution in [0, 0.1) is 17.0 Å². The average Bonchev–Trinajstić information content (AvgIpc) is 2.35. The minimum atomic E-state index is -0.501. The van der Waals surface area contributed by atoms with Gasteiger partial charge in [-0.05, 0) is 19.8 Å². The molecule has 0 aliphatic carbocycles. The molecule has 0 atom stereocenters. The van der Waals surface area contributed by atoms with E-state index in [1.165, 1.54) is 0 Å². The molecule has 0 saturated carbocycles. The standard InChI is InChI=1S/C12H20N4O3/c1-4-6-7-13-11-10(16(17)18)12(19-8-5-2)15-9(3)14-11/h4-8H2,1-3H3,(H,13,14,15). The summed E-state index contributed by atoms with van der Waals surface area (Å²) in [5, 5.41) is 14.1. The number of nitrogens with zero attached hydrogens (tertiary/aromatic N) is 3. The van der Waals surface area contributed by atoms with E-state index in [0.29, 0.717) is 19.0 Å². The fraction of sp³-hybridized carbons (Fsp3) is 0.667. The van der Waals surface area contributed by atoms with Gasteiger partial charge in [-0.2, -0.15) is 4.98 Å². The van der Waals surface area contributed by atoms with Crippen molar-refractivity contribution in [2.75, 3.05) is 18.5 Å². The minimum absolute atomic E-state index is 0.0401. The second-order valence-corrected chi connectivity index (χ2v) is 4.16. The molecule has 0 fully saturated rings. The Hall–Kier alpha value is -1.92. The first kappa shape index (κ1) is 15.1. The van der Waals surface area contributed by atoms with Crippen molar-refractivity contribution in [2.24, 2.45) is 0 Å². The molecule has 0 unspecified atom stereocenters. The van der Waals surface area contributed by atoms with Gasteiger partial charge in [-0.25, -0.2) is 4.98 Å². The number of ether oxygens (including phenoxy) is 1. The summed E-state index contributed by atoms with van der Waals surface area (Å²) in [6, 6.07) is 0. The molecule has 1 N–H and O–H groups in total. The summed E-state index contributed by atoms with van der Waals surface area (Å²) >= 11 is 0. The van der Waals surface area contributed by atoms with Crippen LogP contribution >= 0.6 is 0 Å². The zero-order chi connectivity index (χ0) is 14.3. The summed E-state index contributed by atoms with van der Waals surface area (Å²) in [6.45, 7) is 6.71. The molecule has 7 heteroatoms. The van der Waals surface area contributed by atoms with E-state index in [0.717, 1.165) is 19.3 Å². The van der Waals surface area contributed by atoms with Crippen LogP contribution in [0.25, 0.3) is 0 Å². The van der Waals surface area contributed by atoms with E-state index in [1.54, 1.807) is 6.92 Å². The molecule has 0 amide bonds. The Balaban J connectivity index is 3.04. The smallest absolute Gasteiger partial charge is 0.372 e. The molecule has 1 rings (SSSR count). The molecule has 1 aromatic heterocycles. The van der Waals surface area contributed by atoms with E-state index in [2.05, 4.69) is 22.2 Å². The molecule has 1 heterocycles. The Labute approximate surface area is 112 Å². The lowest BCUT2D eigenvalue weighted by atomic mass is 10.3. The van der Waals surface area contributed by atoms with Gasteiger partial charge in [-0.3, -0.25) is 10.1 Å². The largest absolute Gasteiger partial charge is 0.473 e. The van der Waals surface area contributed by atoms with E-state index in [4.69, 9.17) is 4.74 Å². The van der Waals surface area contributed by atoms with E-state index in [-0.39, 0.29) is 17.4 Å². The third-order valence-corrected chi connectivity index (χ3v) is 2.41. The van der Waals surface area contributed by atoms with E-state index >= 15 is 0 Å². The third kappa shape index (κ3) is 4.35. The van der Waals surface area contributed by atoms with Crippen molar-refractivity contribution >= 4 is 11.5 Å². The highest BCUT2D eigenvalue weighted by Crippen LogP contribution is 2.31. The Bertz CT molecular complexity index is 437. The molecule has 7 nitrogen and oxygen atoms in total. The van der Waals surface area contributed by atoms with Crippen molar-refractivity contribution in [3.8, 4) is 5.88 Å². The summed E-state index contributed by atoms with van der Waals surface area (Å²) in [7, 11) is 0. The number of nitro groups is 1. The topological polar surface area (TPSA) is 90.2 Å². The molecule has 1 aromatic rings. The Morgan fingerprint density at radius 1 is 1.32 bits per heavy atom. The number of unbranched alkanes of at least 4 members (excludes halogenated alkanes) is 1.